The second-order valence-corrected chi connectivity index (χ2v) is 5.77. The lowest BCUT2D eigenvalue weighted by atomic mass is 9.51. The van der Waals surface area contributed by atoms with Gasteiger partial charge in [0.05, 0.1) is 17.5 Å². The SMILES string of the molecule is CCOC1CC(Nc2cn(C)nc2C)C12CCC2. The maximum atomic E-state index is 5.88. The van der Waals surface area contributed by atoms with Gasteiger partial charge in [-0.25, -0.2) is 0 Å². The molecule has 2 fully saturated rings. The quantitative estimate of drug-likeness (QED) is 0.891. The molecule has 1 aromatic heterocycles. The first-order valence-electron chi connectivity index (χ1n) is 7.04. The van der Waals surface area contributed by atoms with E-state index in [4.69, 9.17) is 4.74 Å². The molecule has 0 aromatic carbocycles. The summed E-state index contributed by atoms with van der Waals surface area (Å²) >= 11 is 0. The van der Waals surface area contributed by atoms with Gasteiger partial charge in [-0.3, -0.25) is 4.68 Å². The van der Waals surface area contributed by atoms with E-state index in [9.17, 15) is 0 Å². The fraction of sp³-hybridized carbons (Fsp3) is 0.786. The number of rotatable bonds is 4. The third-order valence-corrected chi connectivity index (χ3v) is 4.78. The van der Waals surface area contributed by atoms with Crippen LogP contribution in [0.2, 0.25) is 0 Å². The van der Waals surface area contributed by atoms with E-state index in [-0.39, 0.29) is 0 Å². The van der Waals surface area contributed by atoms with Crippen molar-refractivity contribution in [2.75, 3.05) is 11.9 Å². The number of ether oxygens (including phenoxy) is 1. The van der Waals surface area contributed by atoms with Crippen molar-refractivity contribution in [2.45, 2.75) is 51.7 Å². The number of nitrogens with one attached hydrogen (secondary N) is 1. The third kappa shape index (κ3) is 1.66. The molecule has 2 atom stereocenters. The lowest BCUT2D eigenvalue weighted by Crippen LogP contribution is -2.64. The molecule has 100 valence electrons. The monoisotopic (exact) mass is 249 g/mol. The van der Waals surface area contributed by atoms with Gasteiger partial charge >= 0.3 is 0 Å². The molecule has 2 aliphatic rings. The largest absolute Gasteiger partial charge is 0.379 e. The van der Waals surface area contributed by atoms with Gasteiger partial charge in [0.2, 0.25) is 0 Å². The highest BCUT2D eigenvalue weighted by molar-refractivity contribution is 5.48. The molecule has 1 spiro atoms. The van der Waals surface area contributed by atoms with Crippen LogP contribution in [0.1, 0.15) is 38.3 Å². The highest BCUT2D eigenvalue weighted by Crippen LogP contribution is 2.58. The average molecular weight is 249 g/mol. The Morgan fingerprint density at radius 3 is 2.83 bits per heavy atom. The van der Waals surface area contributed by atoms with Gasteiger partial charge in [0, 0.05) is 31.3 Å². The van der Waals surface area contributed by atoms with E-state index >= 15 is 0 Å². The molecule has 2 saturated carbocycles. The number of aryl methyl sites for hydroxylation is 2. The minimum Gasteiger partial charge on any atom is -0.379 e. The average Bonchev–Trinajstić information content (AvgIpc) is 2.53. The molecule has 1 N–H and O–H groups in total. The van der Waals surface area contributed by atoms with Crippen LogP contribution in [0.5, 0.6) is 0 Å². The Bertz CT molecular complexity index is 436. The Balaban J connectivity index is 1.69. The van der Waals surface area contributed by atoms with Gasteiger partial charge in [0.25, 0.3) is 0 Å². The Morgan fingerprint density at radius 2 is 2.33 bits per heavy atom. The van der Waals surface area contributed by atoms with Gasteiger partial charge in [0.15, 0.2) is 0 Å². The molecule has 0 radical (unpaired) electrons. The second kappa shape index (κ2) is 4.26. The third-order valence-electron chi connectivity index (χ3n) is 4.78. The van der Waals surface area contributed by atoms with Gasteiger partial charge < -0.3 is 10.1 Å². The summed E-state index contributed by atoms with van der Waals surface area (Å²) in [5.41, 5.74) is 2.69. The van der Waals surface area contributed by atoms with Crippen LogP contribution >= 0.6 is 0 Å². The summed E-state index contributed by atoms with van der Waals surface area (Å²) in [5, 5.41) is 8.08. The molecule has 4 heteroatoms. The number of hydrogen-bond donors (Lipinski definition) is 1. The van der Waals surface area contributed by atoms with Crippen molar-refractivity contribution in [3.8, 4) is 0 Å². The molecule has 1 heterocycles. The van der Waals surface area contributed by atoms with Crippen molar-refractivity contribution >= 4 is 5.69 Å². The zero-order chi connectivity index (χ0) is 12.8. The van der Waals surface area contributed by atoms with E-state index in [1.807, 2.05) is 11.7 Å². The van der Waals surface area contributed by atoms with Crippen LogP contribution in [0, 0.1) is 12.3 Å². The standard InChI is InChI=1S/C14H23N3O/c1-4-18-13-8-12(14(13)6-5-7-14)15-11-9-17(3)16-10(11)2/h9,12-13,15H,4-8H2,1-3H3. The summed E-state index contributed by atoms with van der Waals surface area (Å²) in [4.78, 5) is 0. The molecule has 0 saturated heterocycles. The fourth-order valence-electron chi connectivity index (χ4n) is 3.57. The predicted molar refractivity (Wildman–Crippen MR) is 71.7 cm³/mol. The number of anilines is 1. The maximum absolute atomic E-state index is 5.88. The number of nitrogens with zero attached hydrogens (tertiary/aromatic N) is 2. The minimum absolute atomic E-state index is 0.415. The molecule has 4 nitrogen and oxygen atoms in total. The Labute approximate surface area is 109 Å². The van der Waals surface area contributed by atoms with Crippen LogP contribution in [0.25, 0.3) is 0 Å². The first kappa shape index (κ1) is 12.0. The highest BCUT2D eigenvalue weighted by atomic mass is 16.5. The van der Waals surface area contributed by atoms with Crippen LogP contribution in [-0.4, -0.2) is 28.5 Å². The molecular weight excluding hydrogens is 226 g/mol. The first-order chi connectivity index (χ1) is 8.65. The Morgan fingerprint density at radius 1 is 1.56 bits per heavy atom. The molecule has 0 bridgehead atoms. The summed E-state index contributed by atoms with van der Waals surface area (Å²) in [5.74, 6) is 0. The van der Waals surface area contributed by atoms with Gasteiger partial charge in [-0.05, 0) is 33.1 Å². The lowest BCUT2D eigenvalue weighted by Gasteiger charge is -2.61. The number of hydrogen-bond acceptors (Lipinski definition) is 3. The van der Waals surface area contributed by atoms with Gasteiger partial charge in [-0.15, -0.1) is 0 Å². The van der Waals surface area contributed by atoms with E-state index in [0.29, 0.717) is 17.6 Å². The van der Waals surface area contributed by atoms with Crippen molar-refractivity contribution in [1.29, 1.82) is 0 Å². The first-order valence-corrected chi connectivity index (χ1v) is 7.04. The van der Waals surface area contributed by atoms with Crippen molar-refractivity contribution in [2.24, 2.45) is 12.5 Å². The molecule has 0 amide bonds. The zero-order valence-electron chi connectivity index (χ0n) is 11.6. The van der Waals surface area contributed by atoms with Crippen molar-refractivity contribution < 1.29 is 4.74 Å². The summed E-state index contributed by atoms with van der Waals surface area (Å²) in [6.07, 6.45) is 7.68. The van der Waals surface area contributed by atoms with Crippen LogP contribution < -0.4 is 5.32 Å². The molecule has 0 aliphatic heterocycles. The van der Waals surface area contributed by atoms with Crippen molar-refractivity contribution in [3.63, 3.8) is 0 Å². The lowest BCUT2D eigenvalue weighted by molar-refractivity contribution is -0.157. The van der Waals surface area contributed by atoms with E-state index < -0.39 is 0 Å². The van der Waals surface area contributed by atoms with Crippen LogP contribution in [-0.2, 0) is 11.8 Å². The highest BCUT2D eigenvalue weighted by Gasteiger charge is 2.59. The van der Waals surface area contributed by atoms with E-state index in [1.54, 1.807) is 0 Å². The van der Waals surface area contributed by atoms with Crippen molar-refractivity contribution in [1.82, 2.24) is 9.78 Å². The summed E-state index contributed by atoms with van der Waals surface area (Å²) in [6.45, 7) is 5.00. The Kier molecular flexibility index (Phi) is 2.85. The predicted octanol–water partition coefficient (Wildman–Crippen LogP) is 2.49. The summed E-state index contributed by atoms with van der Waals surface area (Å²) in [6, 6.07) is 0.575. The van der Waals surface area contributed by atoms with Crippen LogP contribution in [0.3, 0.4) is 0 Å². The van der Waals surface area contributed by atoms with Crippen LogP contribution in [0.4, 0.5) is 5.69 Å². The van der Waals surface area contributed by atoms with Crippen LogP contribution in [0.15, 0.2) is 6.20 Å². The van der Waals surface area contributed by atoms with E-state index in [2.05, 4.69) is 30.5 Å². The topological polar surface area (TPSA) is 39.1 Å². The van der Waals surface area contributed by atoms with E-state index in [1.165, 1.54) is 24.9 Å². The van der Waals surface area contributed by atoms with Gasteiger partial charge in [-0.2, -0.15) is 5.10 Å². The minimum atomic E-state index is 0.415. The molecular formula is C14H23N3O. The fourth-order valence-corrected chi connectivity index (χ4v) is 3.57. The molecule has 18 heavy (non-hydrogen) atoms. The molecule has 3 rings (SSSR count). The molecule has 1 aromatic rings. The zero-order valence-corrected chi connectivity index (χ0v) is 11.6. The van der Waals surface area contributed by atoms with Crippen molar-refractivity contribution in [3.05, 3.63) is 11.9 Å². The normalized spacial score (nSPS) is 28.8. The maximum Gasteiger partial charge on any atom is 0.0825 e. The summed E-state index contributed by atoms with van der Waals surface area (Å²) < 4.78 is 7.76. The molecule has 2 unspecified atom stereocenters. The van der Waals surface area contributed by atoms with Gasteiger partial charge in [0.1, 0.15) is 0 Å². The van der Waals surface area contributed by atoms with Gasteiger partial charge in [-0.1, -0.05) is 6.42 Å². The van der Waals surface area contributed by atoms with E-state index in [0.717, 1.165) is 18.7 Å². The molecule has 2 aliphatic carbocycles. The second-order valence-electron chi connectivity index (χ2n) is 5.77. The Hall–Kier alpha value is -1.03. The smallest absolute Gasteiger partial charge is 0.0825 e. The summed E-state index contributed by atoms with van der Waals surface area (Å²) in [7, 11) is 1.97. The number of aromatic nitrogens is 2.